The van der Waals surface area contributed by atoms with Crippen LogP contribution < -0.4 is 5.32 Å². The molecule has 1 amide bonds. The maximum Gasteiger partial charge on any atom is 0.417 e. The molecular weight excluding hydrogens is 349 g/mol. The summed E-state index contributed by atoms with van der Waals surface area (Å²) in [6.07, 6.45) is -5.41. The fourth-order valence-electron chi connectivity index (χ4n) is 1.92. The van der Waals surface area contributed by atoms with E-state index in [1.54, 1.807) is 0 Å². The molecule has 8 heteroatoms. The van der Waals surface area contributed by atoms with Crippen molar-refractivity contribution in [3.8, 4) is 0 Å². The van der Waals surface area contributed by atoms with Gasteiger partial charge in [0.1, 0.15) is 0 Å². The number of amides is 1. The summed E-state index contributed by atoms with van der Waals surface area (Å²) in [5, 5.41) is 2.35. The standard InChI is InChI=1S/C12H9BrF5NO/c13-9-3-6(1-2-8(9)12(16,17)18)10(20)19-7-4-11(14,15)5-7/h1-3,7H,4-5H2,(H,19,20). The second-order valence-corrected chi connectivity index (χ2v) is 5.48. The highest BCUT2D eigenvalue weighted by molar-refractivity contribution is 9.10. The van der Waals surface area contributed by atoms with Gasteiger partial charge in [-0.25, -0.2) is 8.78 Å². The molecule has 0 unspecified atom stereocenters. The summed E-state index contributed by atoms with van der Waals surface area (Å²) in [5.41, 5.74) is -0.913. The minimum absolute atomic E-state index is 0.0138. The van der Waals surface area contributed by atoms with Gasteiger partial charge in [0, 0.05) is 28.9 Å². The third-order valence-electron chi connectivity index (χ3n) is 2.96. The summed E-state index contributed by atoms with van der Waals surface area (Å²) in [5.74, 6) is -3.43. The van der Waals surface area contributed by atoms with E-state index in [4.69, 9.17) is 0 Å². The first kappa shape index (κ1) is 15.2. The molecule has 0 aliphatic heterocycles. The quantitative estimate of drug-likeness (QED) is 0.796. The summed E-state index contributed by atoms with van der Waals surface area (Å²) in [6, 6.07) is 2.17. The second kappa shape index (κ2) is 4.98. The summed E-state index contributed by atoms with van der Waals surface area (Å²) in [7, 11) is 0. The molecule has 2 rings (SSSR count). The Morgan fingerprint density at radius 3 is 2.35 bits per heavy atom. The van der Waals surface area contributed by atoms with E-state index < -0.39 is 42.5 Å². The maximum atomic E-state index is 12.6. The molecule has 0 heterocycles. The molecule has 1 fully saturated rings. The molecule has 1 aromatic carbocycles. The van der Waals surface area contributed by atoms with Crippen molar-refractivity contribution in [2.75, 3.05) is 0 Å². The van der Waals surface area contributed by atoms with Crippen LogP contribution >= 0.6 is 15.9 Å². The molecule has 0 radical (unpaired) electrons. The predicted octanol–water partition coefficient (Wildman–Crippen LogP) is 4.00. The normalized spacial score (nSPS) is 18.5. The van der Waals surface area contributed by atoms with Gasteiger partial charge in [0.25, 0.3) is 11.8 Å². The van der Waals surface area contributed by atoms with E-state index in [0.29, 0.717) is 0 Å². The van der Waals surface area contributed by atoms with Crippen LogP contribution in [0.25, 0.3) is 0 Å². The van der Waals surface area contributed by atoms with Crippen LogP contribution in [0.1, 0.15) is 28.8 Å². The molecule has 0 aromatic heterocycles. The molecule has 20 heavy (non-hydrogen) atoms. The zero-order valence-corrected chi connectivity index (χ0v) is 11.5. The largest absolute Gasteiger partial charge is 0.417 e. The van der Waals surface area contributed by atoms with E-state index in [1.165, 1.54) is 0 Å². The minimum Gasteiger partial charge on any atom is -0.349 e. The third-order valence-corrected chi connectivity index (χ3v) is 3.62. The van der Waals surface area contributed by atoms with Crippen molar-refractivity contribution >= 4 is 21.8 Å². The van der Waals surface area contributed by atoms with Gasteiger partial charge in [0.05, 0.1) is 5.56 Å². The molecular formula is C12H9BrF5NO. The monoisotopic (exact) mass is 357 g/mol. The van der Waals surface area contributed by atoms with E-state index in [9.17, 15) is 26.7 Å². The van der Waals surface area contributed by atoms with Gasteiger partial charge < -0.3 is 5.32 Å². The van der Waals surface area contributed by atoms with Crippen LogP contribution in [0, 0.1) is 0 Å². The number of carbonyl (C=O) groups is 1. The van der Waals surface area contributed by atoms with Crippen molar-refractivity contribution < 1.29 is 26.7 Å². The number of nitrogens with one attached hydrogen (secondary N) is 1. The SMILES string of the molecule is O=C(NC1CC(F)(F)C1)c1ccc(C(F)(F)F)c(Br)c1. The molecule has 0 bridgehead atoms. The lowest BCUT2D eigenvalue weighted by molar-refractivity contribution is -0.138. The molecule has 1 saturated carbocycles. The van der Waals surface area contributed by atoms with E-state index in [2.05, 4.69) is 21.2 Å². The van der Waals surface area contributed by atoms with E-state index in [0.717, 1.165) is 18.2 Å². The van der Waals surface area contributed by atoms with Gasteiger partial charge in [-0.05, 0) is 18.2 Å². The predicted molar refractivity (Wildman–Crippen MR) is 64.6 cm³/mol. The highest BCUT2D eigenvalue weighted by Crippen LogP contribution is 2.38. The first-order valence-electron chi connectivity index (χ1n) is 5.64. The van der Waals surface area contributed by atoms with Crippen LogP contribution in [0.5, 0.6) is 0 Å². The Kier molecular flexibility index (Phi) is 3.79. The molecule has 0 atom stereocenters. The average Bonchev–Trinajstić information content (AvgIpc) is 2.24. The van der Waals surface area contributed by atoms with Crippen LogP contribution in [0.2, 0.25) is 0 Å². The van der Waals surface area contributed by atoms with Gasteiger partial charge in [-0.1, -0.05) is 15.9 Å². The second-order valence-electron chi connectivity index (χ2n) is 4.63. The zero-order chi connectivity index (χ0) is 15.1. The highest BCUT2D eigenvalue weighted by Gasteiger charge is 2.46. The fraction of sp³-hybridized carbons (Fsp3) is 0.417. The molecule has 1 aliphatic carbocycles. The number of rotatable bonds is 2. The van der Waals surface area contributed by atoms with E-state index in [-0.39, 0.29) is 10.0 Å². The number of alkyl halides is 5. The minimum atomic E-state index is -4.52. The number of halogens is 6. The Bertz CT molecular complexity index is 535. The Morgan fingerprint density at radius 1 is 1.30 bits per heavy atom. The van der Waals surface area contributed by atoms with Crippen LogP contribution in [-0.4, -0.2) is 17.9 Å². The maximum absolute atomic E-state index is 12.6. The van der Waals surface area contributed by atoms with Gasteiger partial charge in [0.2, 0.25) is 0 Å². The molecule has 1 aromatic rings. The van der Waals surface area contributed by atoms with Gasteiger partial charge in [0.15, 0.2) is 0 Å². The van der Waals surface area contributed by atoms with Gasteiger partial charge >= 0.3 is 6.18 Å². The van der Waals surface area contributed by atoms with Crippen molar-refractivity contribution in [3.05, 3.63) is 33.8 Å². The van der Waals surface area contributed by atoms with Gasteiger partial charge in [-0.3, -0.25) is 4.79 Å². The van der Waals surface area contributed by atoms with E-state index >= 15 is 0 Å². The van der Waals surface area contributed by atoms with Crippen LogP contribution in [0.15, 0.2) is 22.7 Å². The summed E-state index contributed by atoms with van der Waals surface area (Å²) in [6.45, 7) is 0. The third kappa shape index (κ3) is 3.28. The summed E-state index contributed by atoms with van der Waals surface area (Å²) >= 11 is 2.75. The summed E-state index contributed by atoms with van der Waals surface area (Å²) in [4.78, 5) is 11.7. The molecule has 0 spiro atoms. The summed E-state index contributed by atoms with van der Waals surface area (Å²) < 4.78 is 62.5. The van der Waals surface area contributed by atoms with Crippen LogP contribution in [-0.2, 0) is 6.18 Å². The molecule has 110 valence electrons. The first-order valence-corrected chi connectivity index (χ1v) is 6.43. The molecule has 0 saturated heterocycles. The molecule has 1 N–H and O–H groups in total. The van der Waals surface area contributed by atoms with Gasteiger partial charge in [-0.15, -0.1) is 0 Å². The Balaban J connectivity index is 2.07. The van der Waals surface area contributed by atoms with Crippen molar-refractivity contribution in [2.45, 2.75) is 31.0 Å². The molecule has 1 aliphatic rings. The van der Waals surface area contributed by atoms with Crippen LogP contribution in [0.4, 0.5) is 22.0 Å². The Hall–Kier alpha value is -1.18. The van der Waals surface area contributed by atoms with Crippen molar-refractivity contribution in [1.82, 2.24) is 5.32 Å². The first-order chi connectivity index (χ1) is 9.08. The number of hydrogen-bond donors (Lipinski definition) is 1. The number of hydrogen-bond acceptors (Lipinski definition) is 1. The highest BCUT2D eigenvalue weighted by atomic mass is 79.9. The van der Waals surface area contributed by atoms with Crippen molar-refractivity contribution in [3.63, 3.8) is 0 Å². The Labute approximate surface area is 119 Å². The number of carbonyl (C=O) groups excluding carboxylic acids is 1. The topological polar surface area (TPSA) is 29.1 Å². The van der Waals surface area contributed by atoms with Gasteiger partial charge in [-0.2, -0.15) is 13.2 Å². The zero-order valence-electron chi connectivity index (χ0n) is 9.90. The lowest BCUT2D eigenvalue weighted by Gasteiger charge is -2.35. The Morgan fingerprint density at radius 2 is 1.90 bits per heavy atom. The lowest BCUT2D eigenvalue weighted by Crippen LogP contribution is -2.50. The van der Waals surface area contributed by atoms with E-state index in [1.807, 2.05) is 0 Å². The van der Waals surface area contributed by atoms with Crippen molar-refractivity contribution in [1.29, 1.82) is 0 Å². The van der Waals surface area contributed by atoms with Crippen molar-refractivity contribution in [2.24, 2.45) is 0 Å². The lowest BCUT2D eigenvalue weighted by atomic mass is 9.88. The molecule has 2 nitrogen and oxygen atoms in total. The van der Waals surface area contributed by atoms with Crippen LogP contribution in [0.3, 0.4) is 0 Å². The number of benzene rings is 1. The smallest absolute Gasteiger partial charge is 0.349 e. The fourth-order valence-corrected chi connectivity index (χ4v) is 2.52. The average molecular weight is 358 g/mol.